The zero-order valence-electron chi connectivity index (χ0n) is 26.4. The second-order valence-electron chi connectivity index (χ2n) is 15.1. The van der Waals surface area contributed by atoms with Crippen molar-refractivity contribution in [2.45, 2.75) is 129 Å². The minimum Gasteiger partial charge on any atom is -0.416 e. The van der Waals surface area contributed by atoms with Crippen LogP contribution < -0.4 is 0 Å². The van der Waals surface area contributed by atoms with Crippen molar-refractivity contribution in [1.29, 1.82) is 0 Å². The fourth-order valence-corrected chi connectivity index (χ4v) is 8.37. The van der Waals surface area contributed by atoms with Crippen molar-refractivity contribution in [2.75, 3.05) is 6.61 Å². The summed E-state index contributed by atoms with van der Waals surface area (Å²) in [4.78, 5) is 0. The van der Waals surface area contributed by atoms with E-state index in [2.05, 4.69) is 126 Å². The smallest absolute Gasteiger partial charge is 0.193 e. The van der Waals surface area contributed by atoms with Crippen LogP contribution in [0.5, 0.6) is 0 Å². The van der Waals surface area contributed by atoms with E-state index in [-0.39, 0.29) is 33.9 Å². The lowest BCUT2D eigenvalue weighted by atomic mass is 9.64. The number of hydrogen-bond acceptors (Lipinski definition) is 3. The van der Waals surface area contributed by atoms with Gasteiger partial charge < -0.3 is 13.3 Å². The van der Waals surface area contributed by atoms with Gasteiger partial charge in [0.05, 0.1) is 5.60 Å². The van der Waals surface area contributed by atoms with Gasteiger partial charge in [0.2, 0.25) is 0 Å². The van der Waals surface area contributed by atoms with E-state index in [1.807, 2.05) is 0 Å². The number of allylic oxidation sites excluding steroid dienone is 2. The molecule has 2 unspecified atom stereocenters. The summed E-state index contributed by atoms with van der Waals surface area (Å²) < 4.78 is 21.0. The summed E-state index contributed by atoms with van der Waals surface area (Å²) in [5, 5.41) is 0.217. The van der Waals surface area contributed by atoms with Crippen molar-refractivity contribution in [3.05, 3.63) is 24.3 Å². The third kappa shape index (κ3) is 8.04. The van der Waals surface area contributed by atoms with Crippen molar-refractivity contribution in [1.82, 2.24) is 0 Å². The van der Waals surface area contributed by atoms with Crippen molar-refractivity contribution < 1.29 is 13.3 Å². The normalized spacial score (nSPS) is 27.0. The standard InChI is InChI=1S/C30H58O3Si3/c1-18-25(32-36(16,17)29(8,9)10)21-30(33-34(11,12)13)24(4)19-20-26(23(2)3)27(30)22-31-35(14,15)28(5,6)7/h1,19-20,24-27H,2,21-22H2,3-17H3/t24?,25?,26-,27-,30-/m0/s1. The summed E-state index contributed by atoms with van der Waals surface area (Å²) in [6.07, 6.45) is 11.2. The monoisotopic (exact) mass is 550 g/mol. The third-order valence-corrected chi connectivity index (χ3v) is 18.8. The van der Waals surface area contributed by atoms with Gasteiger partial charge in [-0.3, -0.25) is 0 Å². The van der Waals surface area contributed by atoms with Gasteiger partial charge in [-0.2, -0.15) is 0 Å². The lowest BCUT2D eigenvalue weighted by Gasteiger charge is -2.54. The summed E-state index contributed by atoms with van der Waals surface area (Å²) in [5.74, 6) is 3.52. The molecule has 1 aliphatic carbocycles. The summed E-state index contributed by atoms with van der Waals surface area (Å²) in [7, 11) is -6.01. The molecule has 3 nitrogen and oxygen atoms in total. The van der Waals surface area contributed by atoms with E-state index in [4.69, 9.17) is 19.7 Å². The molecule has 1 aliphatic rings. The van der Waals surface area contributed by atoms with Crippen LogP contribution in [-0.4, -0.2) is 43.3 Å². The van der Waals surface area contributed by atoms with Crippen LogP contribution in [0.3, 0.4) is 0 Å². The Hall–Kier alpha value is -0.429. The third-order valence-electron chi connectivity index (χ3n) is 8.87. The van der Waals surface area contributed by atoms with E-state index in [9.17, 15) is 0 Å². The molecular formula is C30H58O3Si3. The molecule has 36 heavy (non-hydrogen) atoms. The highest BCUT2D eigenvalue weighted by molar-refractivity contribution is 6.74. The first-order valence-corrected chi connectivity index (χ1v) is 22.9. The topological polar surface area (TPSA) is 27.7 Å². The van der Waals surface area contributed by atoms with Gasteiger partial charge in [0.25, 0.3) is 0 Å². The Balaban J connectivity index is 3.65. The minimum absolute atomic E-state index is 0.0814. The van der Waals surface area contributed by atoms with Crippen LogP contribution >= 0.6 is 0 Å². The number of rotatable bonds is 10. The summed E-state index contributed by atoms with van der Waals surface area (Å²) in [5.41, 5.74) is 0.665. The molecular weight excluding hydrogens is 493 g/mol. The highest BCUT2D eigenvalue weighted by Crippen LogP contribution is 2.49. The zero-order valence-corrected chi connectivity index (χ0v) is 29.4. The molecule has 208 valence electrons. The Labute approximate surface area is 228 Å². The zero-order chi connectivity index (χ0) is 28.5. The van der Waals surface area contributed by atoms with Crippen LogP contribution in [0, 0.1) is 30.1 Å². The Morgan fingerprint density at radius 1 is 0.972 bits per heavy atom. The van der Waals surface area contributed by atoms with E-state index in [0.717, 1.165) is 5.57 Å². The van der Waals surface area contributed by atoms with E-state index < -0.39 is 30.6 Å². The molecule has 0 amide bonds. The SMILES string of the molecule is C#CC(C[C@]1(O[Si](C)(C)C)C(C)C=C[C@@H](C(=C)C)[C@@H]1CO[Si](C)(C)C(C)(C)C)O[Si](C)(C)C(C)(C)C. The summed E-state index contributed by atoms with van der Waals surface area (Å²) in [6.45, 7) is 39.2. The van der Waals surface area contributed by atoms with E-state index in [0.29, 0.717) is 13.0 Å². The maximum Gasteiger partial charge on any atom is 0.193 e. The molecule has 0 aliphatic heterocycles. The molecule has 0 heterocycles. The van der Waals surface area contributed by atoms with E-state index in [1.165, 1.54) is 0 Å². The van der Waals surface area contributed by atoms with Crippen LogP contribution in [-0.2, 0) is 13.3 Å². The maximum atomic E-state index is 7.28. The molecule has 0 N–H and O–H groups in total. The van der Waals surface area contributed by atoms with Crippen molar-refractivity contribution in [2.24, 2.45) is 17.8 Å². The van der Waals surface area contributed by atoms with E-state index >= 15 is 0 Å². The second kappa shape index (κ2) is 11.4. The molecule has 5 atom stereocenters. The Bertz CT molecular complexity index is 833. The molecule has 0 radical (unpaired) electrons. The van der Waals surface area contributed by atoms with Gasteiger partial charge in [0.15, 0.2) is 25.0 Å². The first-order valence-electron chi connectivity index (χ1n) is 13.7. The van der Waals surface area contributed by atoms with Gasteiger partial charge in [-0.15, -0.1) is 6.42 Å². The van der Waals surface area contributed by atoms with E-state index in [1.54, 1.807) is 0 Å². The van der Waals surface area contributed by atoms with Crippen LogP contribution in [0.2, 0.25) is 55.9 Å². The predicted octanol–water partition coefficient (Wildman–Crippen LogP) is 9.03. The van der Waals surface area contributed by atoms with Gasteiger partial charge in [-0.05, 0) is 62.8 Å². The first-order chi connectivity index (χ1) is 15.9. The molecule has 0 spiro atoms. The largest absolute Gasteiger partial charge is 0.416 e. The molecule has 1 rings (SSSR count). The maximum absolute atomic E-state index is 7.28. The van der Waals surface area contributed by atoms with Gasteiger partial charge >= 0.3 is 0 Å². The summed E-state index contributed by atoms with van der Waals surface area (Å²) >= 11 is 0. The quantitative estimate of drug-likeness (QED) is 0.154. The highest BCUT2D eigenvalue weighted by Gasteiger charge is 2.53. The molecule has 6 heteroatoms. The average molecular weight is 551 g/mol. The average Bonchev–Trinajstić information content (AvgIpc) is 2.64. The number of hydrogen-bond donors (Lipinski definition) is 0. The van der Waals surface area contributed by atoms with Crippen molar-refractivity contribution in [3.63, 3.8) is 0 Å². The molecule has 0 saturated heterocycles. The molecule has 0 aromatic rings. The molecule has 0 fully saturated rings. The van der Waals surface area contributed by atoms with Crippen LogP contribution in [0.25, 0.3) is 0 Å². The molecule has 0 saturated carbocycles. The highest BCUT2D eigenvalue weighted by atomic mass is 28.4. The Morgan fingerprint density at radius 2 is 1.47 bits per heavy atom. The van der Waals surface area contributed by atoms with Gasteiger partial charge in [0, 0.05) is 30.8 Å². The fraction of sp³-hybridized carbons (Fsp3) is 0.800. The molecule has 0 aromatic carbocycles. The predicted molar refractivity (Wildman–Crippen MR) is 166 cm³/mol. The van der Waals surface area contributed by atoms with Crippen molar-refractivity contribution >= 4 is 25.0 Å². The Morgan fingerprint density at radius 3 is 1.86 bits per heavy atom. The summed E-state index contributed by atoms with van der Waals surface area (Å²) in [6, 6.07) is 0. The first kappa shape index (κ1) is 33.6. The second-order valence-corrected chi connectivity index (χ2v) is 29.1. The van der Waals surface area contributed by atoms with Crippen LogP contribution in [0.4, 0.5) is 0 Å². The number of terminal acetylenes is 1. The van der Waals surface area contributed by atoms with Crippen LogP contribution in [0.15, 0.2) is 24.3 Å². The lowest BCUT2D eigenvalue weighted by Crippen LogP contribution is -2.60. The van der Waals surface area contributed by atoms with Gasteiger partial charge in [-0.1, -0.05) is 78.7 Å². The lowest BCUT2D eigenvalue weighted by molar-refractivity contribution is -0.0859. The minimum atomic E-state index is -2.07. The van der Waals surface area contributed by atoms with Gasteiger partial charge in [0.1, 0.15) is 6.10 Å². The van der Waals surface area contributed by atoms with Gasteiger partial charge in [-0.25, -0.2) is 0 Å². The molecule has 0 bridgehead atoms. The van der Waals surface area contributed by atoms with Crippen LogP contribution in [0.1, 0.15) is 61.8 Å². The fourth-order valence-electron chi connectivity index (χ4n) is 4.57. The molecule has 0 aromatic heterocycles. The Kier molecular flexibility index (Phi) is 10.6. The van der Waals surface area contributed by atoms with Crippen molar-refractivity contribution in [3.8, 4) is 12.3 Å².